The minimum Gasteiger partial charge on any atom is -0.308 e. The first kappa shape index (κ1) is 7.80. The summed E-state index contributed by atoms with van der Waals surface area (Å²) >= 11 is 0. The van der Waals surface area contributed by atoms with Gasteiger partial charge in [0.15, 0.2) is 0 Å². The summed E-state index contributed by atoms with van der Waals surface area (Å²) in [5, 5.41) is 3.53. The third kappa shape index (κ3) is 2.14. The van der Waals surface area contributed by atoms with E-state index < -0.39 is 0 Å². The average Bonchev–Trinajstić information content (AvgIpc) is 1.88. The topological polar surface area (TPSA) is 12.0 Å². The second kappa shape index (κ2) is 3.77. The van der Waals surface area contributed by atoms with E-state index in [-0.39, 0.29) is 0 Å². The van der Waals surface area contributed by atoms with Crippen LogP contribution in [0.5, 0.6) is 0 Å². The van der Waals surface area contributed by atoms with Gasteiger partial charge >= 0.3 is 0 Å². The van der Waals surface area contributed by atoms with Crippen molar-refractivity contribution in [2.24, 2.45) is 0 Å². The summed E-state index contributed by atoms with van der Waals surface area (Å²) in [7, 11) is 0. The summed E-state index contributed by atoms with van der Waals surface area (Å²) in [5.41, 5.74) is 0. The molecular weight excluding hydrogens is 122 g/mol. The lowest BCUT2D eigenvalue weighted by Gasteiger charge is -2.26. The van der Waals surface area contributed by atoms with Gasteiger partial charge in [0, 0.05) is 12.1 Å². The molecule has 0 unspecified atom stereocenters. The van der Waals surface area contributed by atoms with Gasteiger partial charge in [0.1, 0.15) is 0 Å². The first-order valence-electron chi connectivity index (χ1n) is 4.22. The maximum Gasteiger partial charge on any atom is 0.0252 e. The van der Waals surface area contributed by atoms with E-state index in [0.717, 1.165) is 6.04 Å². The fourth-order valence-corrected chi connectivity index (χ4v) is 1.56. The Hall–Kier alpha value is -0.300. The van der Waals surface area contributed by atoms with Crippen LogP contribution in [0.2, 0.25) is 0 Å². The predicted octanol–water partition coefficient (Wildman–Crippen LogP) is 2.09. The van der Waals surface area contributed by atoms with E-state index >= 15 is 0 Å². The Morgan fingerprint density at radius 3 is 2.80 bits per heavy atom. The Labute approximate surface area is 63.5 Å². The molecule has 1 nitrogen and oxygen atoms in total. The van der Waals surface area contributed by atoms with Gasteiger partial charge in [-0.2, -0.15) is 0 Å². The summed E-state index contributed by atoms with van der Waals surface area (Å²) < 4.78 is 0. The molecule has 0 radical (unpaired) electrons. The van der Waals surface area contributed by atoms with Crippen molar-refractivity contribution < 1.29 is 0 Å². The zero-order chi connectivity index (χ0) is 7.40. The summed E-state index contributed by atoms with van der Waals surface area (Å²) in [6.07, 6.45) is 8.43. The summed E-state index contributed by atoms with van der Waals surface area (Å²) in [5.74, 6) is 0. The molecule has 0 aliphatic carbocycles. The first-order chi connectivity index (χ1) is 4.83. The van der Waals surface area contributed by atoms with Crippen LogP contribution in [0, 0.1) is 0 Å². The van der Waals surface area contributed by atoms with Gasteiger partial charge < -0.3 is 5.32 Å². The molecule has 0 bridgehead atoms. The largest absolute Gasteiger partial charge is 0.308 e. The highest BCUT2D eigenvalue weighted by Gasteiger charge is 2.13. The molecule has 0 aromatic rings. The molecule has 58 valence electrons. The molecule has 1 aliphatic heterocycles. The van der Waals surface area contributed by atoms with Gasteiger partial charge in [0.25, 0.3) is 0 Å². The Balaban J connectivity index is 2.32. The van der Waals surface area contributed by atoms with E-state index in [1.807, 2.05) is 0 Å². The molecule has 1 aliphatic rings. The Kier molecular flexibility index (Phi) is 2.94. The number of allylic oxidation sites excluding steroid dienone is 1. The van der Waals surface area contributed by atoms with Crippen LogP contribution >= 0.6 is 0 Å². The molecule has 1 N–H and O–H groups in total. The van der Waals surface area contributed by atoms with Crippen molar-refractivity contribution in [2.75, 3.05) is 0 Å². The molecule has 0 amide bonds. The smallest absolute Gasteiger partial charge is 0.0252 e. The molecule has 0 saturated carbocycles. The molecule has 1 fully saturated rings. The highest BCUT2D eigenvalue weighted by atomic mass is 14.9. The number of piperidine rings is 1. The maximum atomic E-state index is 3.53. The van der Waals surface area contributed by atoms with Crippen molar-refractivity contribution >= 4 is 0 Å². The minimum absolute atomic E-state index is 0.647. The number of rotatable bonds is 1. The van der Waals surface area contributed by atoms with Gasteiger partial charge in [-0.1, -0.05) is 18.6 Å². The number of hydrogen-bond acceptors (Lipinski definition) is 1. The van der Waals surface area contributed by atoms with Crippen LogP contribution in [-0.2, 0) is 0 Å². The second-order valence-electron chi connectivity index (χ2n) is 3.13. The van der Waals surface area contributed by atoms with E-state index in [9.17, 15) is 0 Å². The molecule has 1 heteroatoms. The number of hydrogen-bond donors (Lipinski definition) is 1. The summed E-state index contributed by atoms with van der Waals surface area (Å²) in [4.78, 5) is 0. The number of nitrogens with one attached hydrogen (secondary N) is 1. The van der Waals surface area contributed by atoms with Crippen molar-refractivity contribution in [3.8, 4) is 0 Å². The van der Waals surface area contributed by atoms with E-state index in [1.54, 1.807) is 0 Å². The molecule has 1 heterocycles. The van der Waals surface area contributed by atoms with E-state index in [2.05, 4.69) is 31.3 Å². The maximum absolute atomic E-state index is 3.53. The van der Waals surface area contributed by atoms with Crippen LogP contribution in [-0.4, -0.2) is 12.1 Å². The van der Waals surface area contributed by atoms with Gasteiger partial charge in [-0.15, -0.1) is 0 Å². The molecule has 10 heavy (non-hydrogen) atoms. The summed E-state index contributed by atoms with van der Waals surface area (Å²) in [6, 6.07) is 1.36. The standard InChI is InChI=1S/C9H17N/c1-3-5-9-7-4-6-8(2)10-9/h3,5,8-10H,4,6-7H2,1-2H3/t8-,9-/m0/s1. The Morgan fingerprint density at radius 2 is 2.20 bits per heavy atom. The van der Waals surface area contributed by atoms with Crippen LogP contribution in [0.25, 0.3) is 0 Å². The molecule has 0 aromatic carbocycles. The molecule has 1 saturated heterocycles. The van der Waals surface area contributed by atoms with Gasteiger partial charge in [-0.25, -0.2) is 0 Å². The van der Waals surface area contributed by atoms with Crippen molar-refractivity contribution in [3.05, 3.63) is 12.2 Å². The third-order valence-electron chi connectivity index (χ3n) is 2.08. The zero-order valence-corrected chi connectivity index (χ0v) is 6.93. The predicted molar refractivity (Wildman–Crippen MR) is 45.1 cm³/mol. The van der Waals surface area contributed by atoms with Crippen molar-refractivity contribution in [1.29, 1.82) is 0 Å². The zero-order valence-electron chi connectivity index (χ0n) is 6.93. The average molecular weight is 139 g/mol. The lowest BCUT2D eigenvalue weighted by molar-refractivity contribution is 0.374. The summed E-state index contributed by atoms with van der Waals surface area (Å²) in [6.45, 7) is 4.34. The van der Waals surface area contributed by atoms with E-state index in [4.69, 9.17) is 0 Å². The lowest BCUT2D eigenvalue weighted by Crippen LogP contribution is -2.39. The first-order valence-corrected chi connectivity index (χ1v) is 4.22. The Morgan fingerprint density at radius 1 is 1.40 bits per heavy atom. The van der Waals surface area contributed by atoms with Gasteiger partial charge in [-0.3, -0.25) is 0 Å². The normalized spacial score (nSPS) is 35.0. The highest BCUT2D eigenvalue weighted by Crippen LogP contribution is 2.12. The molecule has 2 atom stereocenters. The van der Waals surface area contributed by atoms with Crippen LogP contribution in [0.15, 0.2) is 12.2 Å². The van der Waals surface area contributed by atoms with Crippen molar-refractivity contribution in [2.45, 2.75) is 45.2 Å². The molecule has 1 rings (SSSR count). The fraction of sp³-hybridized carbons (Fsp3) is 0.778. The van der Waals surface area contributed by atoms with Crippen LogP contribution < -0.4 is 5.32 Å². The quantitative estimate of drug-likeness (QED) is 0.548. The monoisotopic (exact) mass is 139 g/mol. The van der Waals surface area contributed by atoms with Crippen molar-refractivity contribution in [1.82, 2.24) is 5.32 Å². The Bertz CT molecular complexity index is 118. The highest BCUT2D eigenvalue weighted by molar-refractivity contribution is 4.94. The minimum atomic E-state index is 0.647. The molecule has 0 spiro atoms. The van der Waals surface area contributed by atoms with Gasteiger partial charge in [0.2, 0.25) is 0 Å². The van der Waals surface area contributed by atoms with Crippen LogP contribution in [0.3, 0.4) is 0 Å². The fourth-order valence-electron chi connectivity index (χ4n) is 1.56. The molecular formula is C9H17N. The third-order valence-corrected chi connectivity index (χ3v) is 2.08. The van der Waals surface area contributed by atoms with Crippen LogP contribution in [0.4, 0.5) is 0 Å². The SMILES string of the molecule is CC=C[C@H]1CCC[C@H](C)N1. The van der Waals surface area contributed by atoms with E-state index in [1.165, 1.54) is 19.3 Å². The van der Waals surface area contributed by atoms with Gasteiger partial charge in [0.05, 0.1) is 0 Å². The van der Waals surface area contributed by atoms with Gasteiger partial charge in [-0.05, 0) is 26.7 Å². The lowest BCUT2D eigenvalue weighted by atomic mass is 9.99. The second-order valence-corrected chi connectivity index (χ2v) is 3.13. The van der Waals surface area contributed by atoms with E-state index in [0.29, 0.717) is 6.04 Å². The molecule has 0 aromatic heterocycles. The van der Waals surface area contributed by atoms with Crippen molar-refractivity contribution in [3.63, 3.8) is 0 Å². The van der Waals surface area contributed by atoms with Crippen LogP contribution in [0.1, 0.15) is 33.1 Å².